The fraction of sp³-hybridized carbons (Fsp3) is 0.333. The average molecular weight is 221 g/mol. The molecule has 4 nitrogen and oxygen atoms in total. The zero-order valence-electron chi connectivity index (χ0n) is 9.45. The molecule has 0 unspecified atom stereocenters. The summed E-state index contributed by atoms with van der Waals surface area (Å²) in [4.78, 5) is 22.3. The lowest BCUT2D eigenvalue weighted by Crippen LogP contribution is -2.14. The molecule has 0 aliphatic rings. The number of nitrogens with one attached hydrogen (secondary N) is 1. The summed E-state index contributed by atoms with van der Waals surface area (Å²) >= 11 is 0. The highest BCUT2D eigenvalue weighted by Crippen LogP contribution is 2.13. The third kappa shape index (κ3) is 3.73. The highest BCUT2D eigenvalue weighted by atomic mass is 16.5. The molecule has 0 aromatic heterocycles. The van der Waals surface area contributed by atoms with Gasteiger partial charge in [-0.05, 0) is 18.6 Å². The van der Waals surface area contributed by atoms with Crippen molar-refractivity contribution in [3.63, 3.8) is 0 Å². The molecule has 1 amide bonds. The Labute approximate surface area is 94.6 Å². The van der Waals surface area contributed by atoms with Gasteiger partial charge in [-0.15, -0.1) is 0 Å². The van der Waals surface area contributed by atoms with Crippen molar-refractivity contribution in [2.24, 2.45) is 0 Å². The number of carbonyl (C=O) groups is 2. The summed E-state index contributed by atoms with van der Waals surface area (Å²) in [6, 6.07) is 7.49. The molecule has 16 heavy (non-hydrogen) atoms. The summed E-state index contributed by atoms with van der Waals surface area (Å²) in [6.07, 6.45) is 0.245. The first-order chi connectivity index (χ1) is 7.63. The Hall–Kier alpha value is -1.84. The maximum atomic E-state index is 11.5. The molecule has 1 rings (SSSR count). The Morgan fingerprint density at radius 3 is 2.56 bits per heavy atom. The quantitative estimate of drug-likeness (QED) is 0.790. The molecular weight excluding hydrogens is 206 g/mol. The molecule has 0 bridgehead atoms. The fourth-order valence-corrected chi connectivity index (χ4v) is 1.24. The van der Waals surface area contributed by atoms with Gasteiger partial charge in [0.2, 0.25) is 5.91 Å². The van der Waals surface area contributed by atoms with E-state index >= 15 is 0 Å². The van der Waals surface area contributed by atoms with Crippen LogP contribution in [0.1, 0.15) is 18.4 Å². The van der Waals surface area contributed by atoms with Crippen LogP contribution in [0.3, 0.4) is 0 Å². The number of amides is 1. The smallest absolute Gasteiger partial charge is 0.306 e. The minimum absolute atomic E-state index is 0.105. The Morgan fingerprint density at radius 1 is 1.25 bits per heavy atom. The molecule has 0 radical (unpaired) electrons. The molecule has 0 heterocycles. The van der Waals surface area contributed by atoms with E-state index in [-0.39, 0.29) is 24.7 Å². The lowest BCUT2D eigenvalue weighted by atomic mass is 10.2. The first kappa shape index (κ1) is 12.2. The van der Waals surface area contributed by atoms with E-state index in [2.05, 4.69) is 10.1 Å². The largest absolute Gasteiger partial charge is 0.469 e. The van der Waals surface area contributed by atoms with Gasteiger partial charge in [-0.2, -0.15) is 0 Å². The van der Waals surface area contributed by atoms with Crippen LogP contribution in [-0.2, 0) is 14.3 Å². The van der Waals surface area contributed by atoms with Crippen molar-refractivity contribution in [1.82, 2.24) is 0 Å². The van der Waals surface area contributed by atoms with Crippen molar-refractivity contribution in [2.75, 3.05) is 12.4 Å². The summed E-state index contributed by atoms with van der Waals surface area (Å²) in [5.74, 6) is -0.556. The van der Waals surface area contributed by atoms with Gasteiger partial charge >= 0.3 is 5.97 Å². The van der Waals surface area contributed by atoms with Crippen molar-refractivity contribution in [1.29, 1.82) is 0 Å². The first-order valence-corrected chi connectivity index (χ1v) is 5.06. The van der Waals surface area contributed by atoms with Gasteiger partial charge in [0.1, 0.15) is 0 Å². The van der Waals surface area contributed by atoms with Crippen LogP contribution < -0.4 is 5.32 Å². The number of aryl methyl sites for hydroxylation is 1. The predicted octanol–water partition coefficient (Wildman–Crippen LogP) is 1.89. The highest BCUT2D eigenvalue weighted by Gasteiger charge is 2.07. The van der Waals surface area contributed by atoms with E-state index in [1.165, 1.54) is 7.11 Å². The second kappa shape index (κ2) is 5.90. The number of rotatable bonds is 4. The summed E-state index contributed by atoms with van der Waals surface area (Å²) in [7, 11) is 1.31. The molecule has 0 fully saturated rings. The maximum absolute atomic E-state index is 11.5. The van der Waals surface area contributed by atoms with Crippen molar-refractivity contribution in [3.8, 4) is 0 Å². The lowest BCUT2D eigenvalue weighted by Gasteiger charge is -2.07. The molecule has 0 aliphatic carbocycles. The van der Waals surface area contributed by atoms with Crippen LogP contribution in [0.25, 0.3) is 0 Å². The summed E-state index contributed by atoms with van der Waals surface area (Å²) in [6.45, 7) is 1.91. The van der Waals surface area contributed by atoms with E-state index < -0.39 is 0 Å². The standard InChI is InChI=1S/C12H15NO3/c1-9-5-3-4-6-10(9)13-11(14)7-8-12(15)16-2/h3-6H,7-8H2,1-2H3,(H,13,14). The SMILES string of the molecule is COC(=O)CCC(=O)Nc1ccccc1C. The third-order valence-electron chi connectivity index (χ3n) is 2.20. The Balaban J connectivity index is 2.46. The van der Waals surface area contributed by atoms with Crippen molar-refractivity contribution in [3.05, 3.63) is 29.8 Å². The summed E-state index contributed by atoms with van der Waals surface area (Å²) in [5.41, 5.74) is 1.77. The van der Waals surface area contributed by atoms with Gasteiger partial charge in [0.05, 0.1) is 13.5 Å². The monoisotopic (exact) mass is 221 g/mol. The topological polar surface area (TPSA) is 55.4 Å². The summed E-state index contributed by atoms with van der Waals surface area (Å²) in [5, 5.41) is 2.74. The van der Waals surface area contributed by atoms with Crippen LogP contribution in [-0.4, -0.2) is 19.0 Å². The van der Waals surface area contributed by atoms with Crippen LogP contribution in [0.5, 0.6) is 0 Å². The van der Waals surface area contributed by atoms with Crippen LogP contribution >= 0.6 is 0 Å². The van der Waals surface area contributed by atoms with Gasteiger partial charge in [0.25, 0.3) is 0 Å². The molecule has 1 aromatic rings. The van der Waals surface area contributed by atoms with Crippen LogP contribution in [0.2, 0.25) is 0 Å². The van der Waals surface area contributed by atoms with Gasteiger partial charge < -0.3 is 10.1 Å². The van der Waals surface area contributed by atoms with Gasteiger partial charge in [-0.25, -0.2) is 0 Å². The minimum atomic E-state index is -0.375. The number of methoxy groups -OCH3 is 1. The number of anilines is 1. The lowest BCUT2D eigenvalue weighted by molar-refractivity contribution is -0.141. The van der Waals surface area contributed by atoms with Crippen molar-refractivity contribution >= 4 is 17.6 Å². The molecule has 0 saturated heterocycles. The molecule has 4 heteroatoms. The number of benzene rings is 1. The molecule has 0 atom stereocenters. The van der Waals surface area contributed by atoms with E-state index in [4.69, 9.17) is 0 Å². The zero-order valence-corrected chi connectivity index (χ0v) is 9.45. The first-order valence-electron chi connectivity index (χ1n) is 5.06. The number of hydrogen-bond donors (Lipinski definition) is 1. The molecule has 1 aromatic carbocycles. The number of hydrogen-bond acceptors (Lipinski definition) is 3. The number of para-hydroxylation sites is 1. The Morgan fingerprint density at radius 2 is 1.94 bits per heavy atom. The number of esters is 1. The van der Waals surface area contributed by atoms with Crippen LogP contribution in [0.4, 0.5) is 5.69 Å². The zero-order chi connectivity index (χ0) is 12.0. The normalized spacial score (nSPS) is 9.62. The second-order valence-corrected chi connectivity index (χ2v) is 3.44. The molecular formula is C12H15NO3. The molecule has 0 spiro atoms. The van der Waals surface area contributed by atoms with Gasteiger partial charge in [0, 0.05) is 12.1 Å². The molecule has 86 valence electrons. The average Bonchev–Trinajstić information content (AvgIpc) is 2.29. The van der Waals surface area contributed by atoms with Crippen LogP contribution in [0, 0.1) is 6.92 Å². The van der Waals surface area contributed by atoms with Crippen LogP contribution in [0.15, 0.2) is 24.3 Å². The van der Waals surface area contributed by atoms with Crippen molar-refractivity contribution < 1.29 is 14.3 Å². The predicted molar refractivity (Wildman–Crippen MR) is 61.1 cm³/mol. The number of ether oxygens (including phenoxy) is 1. The number of carbonyl (C=O) groups excluding carboxylic acids is 2. The molecule has 0 saturated carbocycles. The fourth-order valence-electron chi connectivity index (χ4n) is 1.24. The highest BCUT2D eigenvalue weighted by molar-refractivity contribution is 5.93. The third-order valence-corrected chi connectivity index (χ3v) is 2.20. The molecule has 1 N–H and O–H groups in total. The maximum Gasteiger partial charge on any atom is 0.306 e. The van der Waals surface area contributed by atoms with Gasteiger partial charge in [0.15, 0.2) is 0 Å². The van der Waals surface area contributed by atoms with Crippen molar-refractivity contribution in [2.45, 2.75) is 19.8 Å². The van der Waals surface area contributed by atoms with Gasteiger partial charge in [-0.1, -0.05) is 18.2 Å². The minimum Gasteiger partial charge on any atom is -0.469 e. The van der Waals surface area contributed by atoms with E-state index in [0.717, 1.165) is 11.3 Å². The van der Waals surface area contributed by atoms with E-state index in [1.54, 1.807) is 0 Å². The Bertz CT molecular complexity index is 388. The second-order valence-electron chi connectivity index (χ2n) is 3.44. The summed E-state index contributed by atoms with van der Waals surface area (Å²) < 4.78 is 4.46. The Kier molecular flexibility index (Phi) is 4.51. The molecule has 0 aliphatic heterocycles. The van der Waals surface area contributed by atoms with E-state index in [1.807, 2.05) is 31.2 Å². The van der Waals surface area contributed by atoms with E-state index in [0.29, 0.717) is 0 Å². The van der Waals surface area contributed by atoms with Gasteiger partial charge in [-0.3, -0.25) is 9.59 Å². The van der Waals surface area contributed by atoms with E-state index in [9.17, 15) is 9.59 Å².